The van der Waals surface area contributed by atoms with Crippen molar-refractivity contribution in [1.82, 2.24) is 4.57 Å². The molecule has 0 bridgehead atoms. The van der Waals surface area contributed by atoms with E-state index in [2.05, 4.69) is 22.8 Å². The SMILES string of the molecule is O=C1OCCc2c1n1c3c(cccc23)CCC1. The second-order valence-electron chi connectivity index (χ2n) is 4.78. The van der Waals surface area contributed by atoms with E-state index in [1.807, 2.05) is 0 Å². The Kier molecular flexibility index (Phi) is 1.71. The van der Waals surface area contributed by atoms with Crippen molar-refractivity contribution in [3.8, 4) is 0 Å². The van der Waals surface area contributed by atoms with Gasteiger partial charge in [-0.3, -0.25) is 0 Å². The van der Waals surface area contributed by atoms with Crippen LogP contribution >= 0.6 is 0 Å². The fraction of sp³-hybridized carbons (Fsp3) is 0.357. The molecule has 0 fully saturated rings. The fourth-order valence-electron chi connectivity index (χ4n) is 3.21. The zero-order chi connectivity index (χ0) is 11.4. The van der Waals surface area contributed by atoms with E-state index in [0.29, 0.717) is 6.61 Å². The molecule has 0 saturated carbocycles. The third kappa shape index (κ3) is 1.09. The number of para-hydroxylation sites is 1. The first-order valence-corrected chi connectivity index (χ1v) is 6.16. The van der Waals surface area contributed by atoms with Gasteiger partial charge in [0.05, 0.1) is 12.1 Å². The molecule has 0 N–H and O–H groups in total. The van der Waals surface area contributed by atoms with E-state index in [-0.39, 0.29) is 5.97 Å². The fourth-order valence-corrected chi connectivity index (χ4v) is 3.21. The van der Waals surface area contributed by atoms with Crippen LogP contribution in [0.3, 0.4) is 0 Å². The van der Waals surface area contributed by atoms with E-state index in [1.165, 1.54) is 22.0 Å². The van der Waals surface area contributed by atoms with Crippen molar-refractivity contribution in [2.75, 3.05) is 6.61 Å². The molecule has 0 atom stereocenters. The molecule has 0 spiro atoms. The number of rotatable bonds is 0. The highest BCUT2D eigenvalue weighted by molar-refractivity contribution is 6.01. The quantitative estimate of drug-likeness (QED) is 0.647. The van der Waals surface area contributed by atoms with Crippen LogP contribution in [-0.4, -0.2) is 17.1 Å². The van der Waals surface area contributed by atoms with Crippen molar-refractivity contribution < 1.29 is 9.53 Å². The van der Waals surface area contributed by atoms with Gasteiger partial charge in [0.1, 0.15) is 5.69 Å². The lowest BCUT2D eigenvalue weighted by Crippen LogP contribution is -2.21. The summed E-state index contributed by atoms with van der Waals surface area (Å²) in [5.41, 5.74) is 4.64. The molecular formula is C14H13NO2. The van der Waals surface area contributed by atoms with Gasteiger partial charge in [0.2, 0.25) is 0 Å². The van der Waals surface area contributed by atoms with E-state index in [4.69, 9.17) is 4.74 Å². The number of benzene rings is 1. The molecule has 0 unspecified atom stereocenters. The summed E-state index contributed by atoms with van der Waals surface area (Å²) in [4.78, 5) is 11.9. The van der Waals surface area contributed by atoms with Crippen LogP contribution in [0.4, 0.5) is 0 Å². The van der Waals surface area contributed by atoms with E-state index < -0.39 is 0 Å². The van der Waals surface area contributed by atoms with Crippen LogP contribution in [-0.2, 0) is 24.1 Å². The highest BCUT2D eigenvalue weighted by atomic mass is 16.5. The van der Waals surface area contributed by atoms with Gasteiger partial charge in [0.15, 0.2) is 0 Å². The van der Waals surface area contributed by atoms with Crippen molar-refractivity contribution in [1.29, 1.82) is 0 Å². The molecule has 2 aromatic rings. The molecule has 2 aliphatic rings. The first-order valence-electron chi connectivity index (χ1n) is 6.16. The Morgan fingerprint density at radius 2 is 2.18 bits per heavy atom. The predicted molar refractivity (Wildman–Crippen MR) is 64.2 cm³/mol. The van der Waals surface area contributed by atoms with Gasteiger partial charge in [0, 0.05) is 18.4 Å². The van der Waals surface area contributed by atoms with Crippen molar-refractivity contribution in [3.05, 3.63) is 35.0 Å². The van der Waals surface area contributed by atoms with Gasteiger partial charge in [-0.2, -0.15) is 0 Å². The van der Waals surface area contributed by atoms with E-state index in [9.17, 15) is 4.79 Å². The maximum absolute atomic E-state index is 11.9. The zero-order valence-corrected chi connectivity index (χ0v) is 9.53. The molecule has 3 heterocycles. The first-order chi connectivity index (χ1) is 8.36. The van der Waals surface area contributed by atoms with Crippen molar-refractivity contribution >= 4 is 16.9 Å². The minimum absolute atomic E-state index is 0.143. The number of cyclic esters (lactones) is 1. The number of aryl methyl sites for hydroxylation is 2. The van der Waals surface area contributed by atoms with E-state index in [1.54, 1.807) is 0 Å². The van der Waals surface area contributed by atoms with Crippen LogP contribution in [0, 0.1) is 0 Å². The number of hydrogen-bond acceptors (Lipinski definition) is 2. The second-order valence-corrected chi connectivity index (χ2v) is 4.78. The largest absolute Gasteiger partial charge is 0.461 e. The predicted octanol–water partition coefficient (Wildman–Crippen LogP) is 2.30. The molecule has 0 aliphatic carbocycles. The third-order valence-corrected chi connectivity index (χ3v) is 3.88. The number of esters is 1. The Hall–Kier alpha value is -1.77. The Bertz CT molecular complexity index is 639. The molecule has 1 aromatic carbocycles. The van der Waals surface area contributed by atoms with Crippen LogP contribution in [0.1, 0.15) is 28.0 Å². The number of nitrogens with zero attached hydrogens (tertiary/aromatic N) is 1. The standard InChI is InChI=1S/C14H13NO2/c16-14-13-11(6-8-17-14)10-5-1-3-9-4-2-7-15(13)12(9)10/h1,3,5H,2,4,6-8H2. The molecule has 3 heteroatoms. The summed E-state index contributed by atoms with van der Waals surface area (Å²) in [7, 11) is 0. The Labute approximate surface area is 99.0 Å². The van der Waals surface area contributed by atoms with E-state index >= 15 is 0 Å². The van der Waals surface area contributed by atoms with Crippen molar-refractivity contribution in [2.45, 2.75) is 25.8 Å². The summed E-state index contributed by atoms with van der Waals surface area (Å²) in [6.45, 7) is 1.47. The summed E-state index contributed by atoms with van der Waals surface area (Å²) in [6, 6.07) is 6.42. The lowest BCUT2D eigenvalue weighted by Gasteiger charge is -2.18. The van der Waals surface area contributed by atoms with Crippen molar-refractivity contribution in [3.63, 3.8) is 0 Å². The minimum Gasteiger partial charge on any atom is -0.461 e. The zero-order valence-electron chi connectivity index (χ0n) is 9.53. The van der Waals surface area contributed by atoms with Gasteiger partial charge >= 0.3 is 5.97 Å². The number of carbonyl (C=O) groups is 1. The van der Waals surface area contributed by atoms with Crippen LogP contribution < -0.4 is 0 Å². The number of ether oxygens (including phenoxy) is 1. The molecule has 1 aromatic heterocycles. The minimum atomic E-state index is -0.143. The monoisotopic (exact) mass is 227 g/mol. The molecule has 4 rings (SSSR count). The van der Waals surface area contributed by atoms with Crippen LogP contribution in [0.5, 0.6) is 0 Å². The lowest BCUT2D eigenvalue weighted by atomic mass is 10.0. The number of carbonyl (C=O) groups excluding carboxylic acids is 1. The smallest absolute Gasteiger partial charge is 0.355 e. The molecule has 17 heavy (non-hydrogen) atoms. The molecule has 3 nitrogen and oxygen atoms in total. The number of hydrogen-bond donors (Lipinski definition) is 0. The highest BCUT2D eigenvalue weighted by Crippen LogP contribution is 2.34. The maximum atomic E-state index is 11.9. The van der Waals surface area contributed by atoms with Crippen LogP contribution in [0.2, 0.25) is 0 Å². The van der Waals surface area contributed by atoms with Gasteiger partial charge in [0.25, 0.3) is 0 Å². The third-order valence-electron chi connectivity index (χ3n) is 3.88. The first kappa shape index (κ1) is 9.28. The van der Waals surface area contributed by atoms with Crippen LogP contribution in [0.15, 0.2) is 18.2 Å². The molecule has 86 valence electrons. The molecule has 0 amide bonds. The Morgan fingerprint density at radius 1 is 1.24 bits per heavy atom. The Morgan fingerprint density at radius 3 is 3.12 bits per heavy atom. The summed E-state index contributed by atoms with van der Waals surface area (Å²) in [5, 5.41) is 1.26. The summed E-state index contributed by atoms with van der Waals surface area (Å²) in [5.74, 6) is -0.143. The maximum Gasteiger partial charge on any atom is 0.355 e. The summed E-state index contributed by atoms with van der Waals surface area (Å²) >= 11 is 0. The Balaban J connectivity index is 2.19. The van der Waals surface area contributed by atoms with Gasteiger partial charge in [-0.05, 0) is 24.0 Å². The van der Waals surface area contributed by atoms with Gasteiger partial charge in [-0.25, -0.2) is 4.79 Å². The molecule has 2 aliphatic heterocycles. The van der Waals surface area contributed by atoms with Gasteiger partial charge in [-0.15, -0.1) is 0 Å². The number of fused-ring (bicyclic) bond motifs is 3. The van der Waals surface area contributed by atoms with E-state index in [0.717, 1.165) is 31.5 Å². The average molecular weight is 227 g/mol. The molecule has 0 radical (unpaired) electrons. The molecular weight excluding hydrogens is 214 g/mol. The van der Waals surface area contributed by atoms with Gasteiger partial charge in [-0.1, -0.05) is 18.2 Å². The normalized spacial score (nSPS) is 18.0. The summed E-state index contributed by atoms with van der Waals surface area (Å²) < 4.78 is 7.35. The number of aromatic nitrogens is 1. The molecule has 0 saturated heterocycles. The second kappa shape index (κ2) is 3.13. The highest BCUT2D eigenvalue weighted by Gasteiger charge is 2.29. The lowest BCUT2D eigenvalue weighted by molar-refractivity contribution is 0.0467. The topological polar surface area (TPSA) is 31.2 Å². The average Bonchev–Trinajstić information content (AvgIpc) is 2.69. The summed E-state index contributed by atoms with van der Waals surface area (Å²) in [6.07, 6.45) is 3.09. The van der Waals surface area contributed by atoms with Crippen LogP contribution in [0.25, 0.3) is 10.9 Å². The van der Waals surface area contributed by atoms with Crippen molar-refractivity contribution in [2.24, 2.45) is 0 Å². The van der Waals surface area contributed by atoms with Gasteiger partial charge < -0.3 is 9.30 Å².